The van der Waals surface area contributed by atoms with Crippen molar-refractivity contribution in [2.24, 2.45) is 0 Å². The number of halogens is 1. The number of hydrogen-bond acceptors (Lipinski definition) is 3. The van der Waals surface area contributed by atoms with Gasteiger partial charge in [0.15, 0.2) is 0 Å². The second-order valence-corrected chi connectivity index (χ2v) is 8.60. The predicted octanol–water partition coefficient (Wildman–Crippen LogP) is 6.81. The third kappa shape index (κ3) is 4.59. The molecule has 0 atom stereocenters. The molecule has 0 bridgehead atoms. The van der Waals surface area contributed by atoms with E-state index in [2.05, 4.69) is 17.6 Å². The van der Waals surface area contributed by atoms with E-state index < -0.39 is 0 Å². The van der Waals surface area contributed by atoms with Crippen LogP contribution in [-0.2, 0) is 6.54 Å². The van der Waals surface area contributed by atoms with Gasteiger partial charge in [0, 0.05) is 45.8 Å². The number of aryl methyl sites for hydroxylation is 1. The summed E-state index contributed by atoms with van der Waals surface area (Å²) in [4.78, 5) is 13.4. The Morgan fingerprint density at radius 3 is 2.56 bits per heavy atom. The van der Waals surface area contributed by atoms with Gasteiger partial charge in [-0.15, -0.1) is 0 Å². The van der Waals surface area contributed by atoms with Crippen molar-refractivity contribution in [2.45, 2.75) is 33.7 Å². The fourth-order valence-electron chi connectivity index (χ4n) is 4.11. The van der Waals surface area contributed by atoms with E-state index in [0.717, 1.165) is 35.6 Å². The fraction of sp³-hybridized carbons (Fsp3) is 0.179. The van der Waals surface area contributed by atoms with E-state index in [0.29, 0.717) is 21.8 Å². The molecule has 4 rings (SSSR count). The highest BCUT2D eigenvalue weighted by Crippen LogP contribution is 2.29. The molecule has 0 radical (unpaired) electrons. The van der Waals surface area contributed by atoms with Crippen LogP contribution in [0.5, 0.6) is 0 Å². The van der Waals surface area contributed by atoms with Crippen LogP contribution >= 0.6 is 11.6 Å². The third-order valence-electron chi connectivity index (χ3n) is 5.79. The van der Waals surface area contributed by atoms with Gasteiger partial charge in [-0.05, 0) is 56.7 Å². The van der Waals surface area contributed by atoms with Gasteiger partial charge in [0.1, 0.15) is 17.3 Å². The Morgan fingerprint density at radius 2 is 1.88 bits per heavy atom. The lowest BCUT2D eigenvalue weighted by molar-refractivity contribution is 0.103. The topological polar surface area (TPSA) is 63.6 Å². The van der Waals surface area contributed by atoms with Gasteiger partial charge < -0.3 is 4.57 Å². The van der Waals surface area contributed by atoms with Gasteiger partial charge in [0.2, 0.25) is 5.78 Å². The fourth-order valence-corrected chi connectivity index (χ4v) is 4.30. The Kier molecular flexibility index (Phi) is 6.81. The molecule has 0 unspecified atom stereocenters. The second-order valence-electron chi connectivity index (χ2n) is 8.16. The van der Waals surface area contributed by atoms with Crippen molar-refractivity contribution in [2.75, 3.05) is 0 Å². The second kappa shape index (κ2) is 9.94. The molecule has 0 N–H and O–H groups in total. The molecule has 4 aromatic rings. The van der Waals surface area contributed by atoms with Crippen molar-refractivity contribution < 1.29 is 4.79 Å². The summed E-state index contributed by atoms with van der Waals surface area (Å²) in [6.45, 7) is 6.84. The quantitative estimate of drug-likeness (QED) is 0.170. The number of hydrogen-bond donors (Lipinski definition) is 0. The normalized spacial score (nSPS) is 11.4. The SMILES string of the molecule is CCCn1c(C)cc(C(=O)C(C#N)=Cc2cn(-c3ccccc3)nc2-c2cccc(Cl)c2)c1C. The number of Topliss-reactive ketones (excluding diaryl/α,β-unsaturated/α-hetero) is 1. The summed E-state index contributed by atoms with van der Waals surface area (Å²) < 4.78 is 3.86. The van der Waals surface area contributed by atoms with Gasteiger partial charge in [-0.2, -0.15) is 10.4 Å². The molecule has 0 aliphatic carbocycles. The van der Waals surface area contributed by atoms with Crippen LogP contribution in [0.15, 0.2) is 72.4 Å². The van der Waals surface area contributed by atoms with Crippen LogP contribution in [0.1, 0.15) is 40.7 Å². The van der Waals surface area contributed by atoms with Crippen LogP contribution in [0.4, 0.5) is 0 Å². The number of carbonyl (C=O) groups excluding carboxylic acids is 1. The van der Waals surface area contributed by atoms with E-state index in [-0.39, 0.29) is 11.4 Å². The maximum absolute atomic E-state index is 13.4. The predicted molar refractivity (Wildman–Crippen MR) is 136 cm³/mol. The number of nitrogens with zero attached hydrogens (tertiary/aromatic N) is 4. The summed E-state index contributed by atoms with van der Waals surface area (Å²) in [6.07, 6.45) is 4.42. The lowest BCUT2D eigenvalue weighted by atomic mass is 10.0. The van der Waals surface area contributed by atoms with Crippen molar-refractivity contribution in [1.82, 2.24) is 14.3 Å². The minimum atomic E-state index is -0.289. The Morgan fingerprint density at radius 1 is 1.12 bits per heavy atom. The van der Waals surface area contributed by atoms with Crippen LogP contribution in [-0.4, -0.2) is 20.1 Å². The summed E-state index contributed by atoms with van der Waals surface area (Å²) >= 11 is 6.24. The average molecular weight is 469 g/mol. The first-order valence-electron chi connectivity index (χ1n) is 11.2. The van der Waals surface area contributed by atoms with E-state index in [1.165, 1.54) is 0 Å². The van der Waals surface area contributed by atoms with Crippen molar-refractivity contribution >= 4 is 23.5 Å². The Bertz CT molecular complexity index is 1420. The first kappa shape index (κ1) is 23.3. The summed E-state index contributed by atoms with van der Waals surface area (Å²) in [5, 5.41) is 15.3. The summed E-state index contributed by atoms with van der Waals surface area (Å²) in [5.74, 6) is -0.289. The van der Waals surface area contributed by atoms with Crippen LogP contribution < -0.4 is 0 Å². The number of benzene rings is 2. The molecule has 34 heavy (non-hydrogen) atoms. The number of aromatic nitrogens is 3. The van der Waals surface area contributed by atoms with Gasteiger partial charge in [0.05, 0.1) is 5.69 Å². The van der Waals surface area contributed by atoms with Crippen LogP contribution in [0.3, 0.4) is 0 Å². The molecule has 5 nitrogen and oxygen atoms in total. The zero-order chi connectivity index (χ0) is 24.2. The number of nitriles is 1. The zero-order valence-corrected chi connectivity index (χ0v) is 20.2. The van der Waals surface area contributed by atoms with Crippen molar-refractivity contribution in [1.29, 1.82) is 5.26 Å². The standard InChI is InChI=1S/C28H25ClN4O/c1-4-13-32-19(2)14-26(20(32)3)28(34)22(17-30)15-23-18-33(25-11-6-5-7-12-25)31-27(23)21-9-8-10-24(29)16-21/h5-12,14-16,18H,4,13H2,1-3H3. The lowest BCUT2D eigenvalue weighted by Crippen LogP contribution is -2.06. The molecular weight excluding hydrogens is 444 g/mol. The first-order chi connectivity index (χ1) is 16.4. The van der Waals surface area contributed by atoms with Crippen LogP contribution in [0, 0.1) is 25.2 Å². The van der Waals surface area contributed by atoms with Crippen LogP contribution in [0.25, 0.3) is 23.0 Å². The van der Waals surface area contributed by atoms with Crippen molar-refractivity contribution in [3.05, 3.63) is 100.0 Å². The Hall–Kier alpha value is -3.88. The summed E-state index contributed by atoms with van der Waals surface area (Å²) in [7, 11) is 0. The van der Waals surface area contributed by atoms with Crippen LogP contribution in [0.2, 0.25) is 5.02 Å². The third-order valence-corrected chi connectivity index (χ3v) is 6.03. The molecule has 0 aliphatic rings. The van der Waals surface area contributed by atoms with E-state index >= 15 is 0 Å². The van der Waals surface area contributed by atoms with Gasteiger partial charge in [-0.3, -0.25) is 4.79 Å². The van der Waals surface area contributed by atoms with Crippen molar-refractivity contribution in [3.8, 4) is 23.0 Å². The maximum Gasteiger partial charge on any atom is 0.205 e. The monoisotopic (exact) mass is 468 g/mol. The Balaban J connectivity index is 1.83. The first-order valence-corrected chi connectivity index (χ1v) is 11.5. The number of para-hydroxylation sites is 1. The number of carbonyl (C=O) groups is 1. The van der Waals surface area contributed by atoms with Gasteiger partial charge in [-0.25, -0.2) is 4.68 Å². The smallest absolute Gasteiger partial charge is 0.205 e. The molecule has 170 valence electrons. The minimum Gasteiger partial charge on any atom is -0.348 e. The molecule has 2 aromatic heterocycles. The molecule has 6 heteroatoms. The van der Waals surface area contributed by atoms with E-state index in [9.17, 15) is 10.1 Å². The lowest BCUT2D eigenvalue weighted by Gasteiger charge is -2.07. The molecule has 0 fully saturated rings. The van der Waals surface area contributed by atoms with Crippen molar-refractivity contribution in [3.63, 3.8) is 0 Å². The molecule has 0 saturated carbocycles. The average Bonchev–Trinajstić information content (AvgIpc) is 3.39. The van der Waals surface area contributed by atoms with Gasteiger partial charge in [0.25, 0.3) is 0 Å². The maximum atomic E-state index is 13.4. The van der Waals surface area contributed by atoms with E-state index in [1.807, 2.05) is 74.6 Å². The number of ketones is 1. The van der Waals surface area contributed by atoms with Gasteiger partial charge in [-0.1, -0.05) is 48.9 Å². The minimum absolute atomic E-state index is 0.0626. The molecule has 2 heterocycles. The zero-order valence-electron chi connectivity index (χ0n) is 19.4. The molecule has 0 spiro atoms. The summed E-state index contributed by atoms with van der Waals surface area (Å²) in [5.41, 5.74) is 5.49. The molecule has 0 aliphatic heterocycles. The molecule has 0 amide bonds. The molecular formula is C28H25ClN4O. The number of rotatable bonds is 7. The Labute approximate surface area is 204 Å². The largest absolute Gasteiger partial charge is 0.348 e. The summed E-state index contributed by atoms with van der Waals surface area (Å²) in [6, 6.07) is 21.1. The highest BCUT2D eigenvalue weighted by Gasteiger charge is 2.21. The van der Waals surface area contributed by atoms with E-state index in [4.69, 9.17) is 16.7 Å². The van der Waals surface area contributed by atoms with E-state index in [1.54, 1.807) is 16.8 Å². The highest BCUT2D eigenvalue weighted by molar-refractivity contribution is 6.30. The molecule has 2 aromatic carbocycles. The highest BCUT2D eigenvalue weighted by atomic mass is 35.5. The molecule has 0 saturated heterocycles. The van der Waals surface area contributed by atoms with Gasteiger partial charge >= 0.3 is 0 Å². The number of allylic oxidation sites excluding steroid dienone is 1.